The molecule has 2 rings (SSSR count). The first-order valence-corrected chi connectivity index (χ1v) is 7.95. The molecule has 1 aliphatic rings. The number of benzene rings is 1. The fourth-order valence-corrected chi connectivity index (χ4v) is 3.81. The van der Waals surface area contributed by atoms with E-state index in [1.165, 1.54) is 0 Å². The van der Waals surface area contributed by atoms with Gasteiger partial charge in [0.2, 0.25) is 0 Å². The Balaban J connectivity index is 1.77. The molecule has 5 heteroatoms. The molecule has 2 atom stereocenters. The van der Waals surface area contributed by atoms with Gasteiger partial charge in [-0.15, -0.1) is 0 Å². The lowest BCUT2D eigenvalue weighted by molar-refractivity contribution is 0.197. The molecule has 4 nitrogen and oxygen atoms in total. The topological polar surface area (TPSA) is 52.6 Å². The third kappa shape index (κ3) is 4.34. The molecule has 1 heterocycles. The molecule has 0 bridgehead atoms. The van der Waals surface area contributed by atoms with Crippen LogP contribution in [0.4, 0.5) is 4.79 Å². The van der Waals surface area contributed by atoms with Crippen molar-refractivity contribution in [3.05, 3.63) is 29.8 Å². The van der Waals surface area contributed by atoms with Crippen LogP contribution in [0.25, 0.3) is 0 Å². The van der Waals surface area contributed by atoms with E-state index in [0.717, 1.165) is 25.1 Å². The molecule has 0 aromatic heterocycles. The third-order valence-corrected chi connectivity index (χ3v) is 4.53. The van der Waals surface area contributed by atoms with Gasteiger partial charge in [0.1, 0.15) is 5.75 Å². The number of aromatic hydroxyl groups is 1. The molecule has 0 spiro atoms. The zero-order valence-corrected chi connectivity index (χ0v) is 12.8. The number of hydrogen-bond donors (Lipinski definition) is 2. The quantitative estimate of drug-likeness (QED) is 0.900. The molecule has 1 aliphatic heterocycles. The summed E-state index contributed by atoms with van der Waals surface area (Å²) >= 11 is 1.94. The SMILES string of the molecule is CC1CN(C(=O)NCCc2cccc(O)c2)CC(C)S1. The largest absolute Gasteiger partial charge is 0.508 e. The van der Waals surface area contributed by atoms with E-state index in [-0.39, 0.29) is 11.8 Å². The van der Waals surface area contributed by atoms with Gasteiger partial charge in [0.05, 0.1) is 0 Å². The Kier molecular flexibility index (Phi) is 5.17. The Morgan fingerprint density at radius 1 is 1.40 bits per heavy atom. The van der Waals surface area contributed by atoms with Crippen molar-refractivity contribution in [1.29, 1.82) is 0 Å². The van der Waals surface area contributed by atoms with Crippen LogP contribution in [0, 0.1) is 0 Å². The Hall–Kier alpha value is -1.36. The summed E-state index contributed by atoms with van der Waals surface area (Å²) in [5.74, 6) is 0.268. The highest BCUT2D eigenvalue weighted by molar-refractivity contribution is 8.00. The van der Waals surface area contributed by atoms with E-state index in [0.29, 0.717) is 17.0 Å². The van der Waals surface area contributed by atoms with Gasteiger partial charge in [0.15, 0.2) is 0 Å². The molecule has 2 amide bonds. The summed E-state index contributed by atoms with van der Waals surface area (Å²) in [6.45, 7) is 6.54. The summed E-state index contributed by atoms with van der Waals surface area (Å²) in [4.78, 5) is 14.0. The van der Waals surface area contributed by atoms with Gasteiger partial charge in [-0.3, -0.25) is 0 Å². The highest BCUT2D eigenvalue weighted by atomic mass is 32.2. The summed E-state index contributed by atoms with van der Waals surface area (Å²) < 4.78 is 0. The van der Waals surface area contributed by atoms with Gasteiger partial charge in [-0.05, 0) is 24.1 Å². The van der Waals surface area contributed by atoms with Gasteiger partial charge < -0.3 is 15.3 Å². The Bertz CT molecular complexity index is 457. The molecule has 0 saturated carbocycles. The van der Waals surface area contributed by atoms with Gasteiger partial charge in [-0.1, -0.05) is 26.0 Å². The molecule has 1 aromatic rings. The van der Waals surface area contributed by atoms with Crippen LogP contribution in [0.15, 0.2) is 24.3 Å². The van der Waals surface area contributed by atoms with Gasteiger partial charge in [0, 0.05) is 30.1 Å². The number of amides is 2. The van der Waals surface area contributed by atoms with Crippen LogP contribution in [0.1, 0.15) is 19.4 Å². The number of nitrogens with one attached hydrogen (secondary N) is 1. The highest BCUT2D eigenvalue weighted by Gasteiger charge is 2.25. The van der Waals surface area contributed by atoms with Gasteiger partial charge in [0.25, 0.3) is 0 Å². The molecule has 1 fully saturated rings. The minimum atomic E-state index is 0.0177. The Labute approximate surface area is 124 Å². The van der Waals surface area contributed by atoms with Crippen molar-refractivity contribution < 1.29 is 9.90 Å². The molecule has 1 aromatic carbocycles. The van der Waals surface area contributed by atoms with Crippen molar-refractivity contribution in [3.8, 4) is 5.75 Å². The summed E-state index contributed by atoms with van der Waals surface area (Å²) in [5, 5.41) is 13.3. The van der Waals surface area contributed by atoms with Gasteiger partial charge in [-0.25, -0.2) is 4.79 Å². The maximum Gasteiger partial charge on any atom is 0.317 e. The number of phenolic OH excluding ortho intramolecular Hbond substituents is 1. The van der Waals surface area contributed by atoms with Crippen molar-refractivity contribution in [1.82, 2.24) is 10.2 Å². The normalized spacial score (nSPS) is 22.6. The molecule has 0 radical (unpaired) electrons. The molecule has 0 aliphatic carbocycles. The second kappa shape index (κ2) is 6.88. The lowest BCUT2D eigenvalue weighted by Crippen LogP contribution is -2.48. The molecular weight excluding hydrogens is 272 g/mol. The fourth-order valence-electron chi connectivity index (χ4n) is 2.48. The van der Waals surface area contributed by atoms with Crippen LogP contribution in [-0.4, -0.2) is 46.2 Å². The van der Waals surface area contributed by atoms with Crippen LogP contribution in [0.2, 0.25) is 0 Å². The van der Waals surface area contributed by atoms with Crippen LogP contribution >= 0.6 is 11.8 Å². The predicted octanol–water partition coefficient (Wildman–Crippen LogP) is 2.47. The van der Waals surface area contributed by atoms with Crippen molar-refractivity contribution >= 4 is 17.8 Å². The average Bonchev–Trinajstić information content (AvgIpc) is 2.37. The number of carbonyl (C=O) groups excluding carboxylic acids is 1. The molecule has 20 heavy (non-hydrogen) atoms. The van der Waals surface area contributed by atoms with E-state index in [2.05, 4.69) is 19.2 Å². The standard InChI is InChI=1S/C15H22N2O2S/c1-11-9-17(10-12(2)20-11)15(19)16-7-6-13-4-3-5-14(18)8-13/h3-5,8,11-12,18H,6-7,9-10H2,1-2H3,(H,16,19). The van der Waals surface area contributed by atoms with Crippen LogP contribution in [0.3, 0.4) is 0 Å². The van der Waals surface area contributed by atoms with Crippen LogP contribution in [-0.2, 0) is 6.42 Å². The number of urea groups is 1. The number of hydrogen-bond acceptors (Lipinski definition) is 3. The maximum absolute atomic E-state index is 12.1. The predicted molar refractivity (Wildman–Crippen MR) is 83.3 cm³/mol. The zero-order chi connectivity index (χ0) is 14.5. The fraction of sp³-hybridized carbons (Fsp3) is 0.533. The van der Waals surface area contributed by atoms with Crippen molar-refractivity contribution in [2.45, 2.75) is 30.8 Å². The van der Waals surface area contributed by atoms with Gasteiger partial charge >= 0.3 is 6.03 Å². The van der Waals surface area contributed by atoms with E-state index in [4.69, 9.17) is 0 Å². The number of phenols is 1. The van der Waals surface area contributed by atoms with E-state index in [1.54, 1.807) is 12.1 Å². The molecule has 1 saturated heterocycles. The minimum Gasteiger partial charge on any atom is -0.508 e. The first-order valence-electron chi connectivity index (χ1n) is 7.00. The molecular formula is C15H22N2O2S. The zero-order valence-electron chi connectivity index (χ0n) is 12.0. The average molecular weight is 294 g/mol. The van der Waals surface area contributed by atoms with E-state index < -0.39 is 0 Å². The first kappa shape index (κ1) is 15.0. The van der Waals surface area contributed by atoms with Crippen LogP contribution < -0.4 is 5.32 Å². The van der Waals surface area contributed by atoms with E-state index >= 15 is 0 Å². The van der Waals surface area contributed by atoms with Crippen molar-refractivity contribution in [2.24, 2.45) is 0 Å². The minimum absolute atomic E-state index is 0.0177. The third-order valence-electron chi connectivity index (χ3n) is 3.31. The lowest BCUT2D eigenvalue weighted by atomic mass is 10.1. The molecule has 110 valence electrons. The molecule has 2 unspecified atom stereocenters. The first-order chi connectivity index (χ1) is 9.54. The smallest absolute Gasteiger partial charge is 0.317 e. The maximum atomic E-state index is 12.1. The number of carbonyl (C=O) groups is 1. The second-order valence-corrected chi connectivity index (χ2v) is 7.20. The summed E-state index contributed by atoms with van der Waals surface area (Å²) in [7, 11) is 0. The van der Waals surface area contributed by atoms with Crippen molar-refractivity contribution in [2.75, 3.05) is 19.6 Å². The number of thioether (sulfide) groups is 1. The monoisotopic (exact) mass is 294 g/mol. The lowest BCUT2D eigenvalue weighted by Gasteiger charge is -2.34. The molecule has 2 N–H and O–H groups in total. The van der Waals surface area contributed by atoms with Gasteiger partial charge in [-0.2, -0.15) is 11.8 Å². The second-order valence-electron chi connectivity index (χ2n) is 5.31. The van der Waals surface area contributed by atoms with Crippen LogP contribution in [0.5, 0.6) is 5.75 Å². The van der Waals surface area contributed by atoms with Crippen molar-refractivity contribution in [3.63, 3.8) is 0 Å². The summed E-state index contributed by atoms with van der Waals surface area (Å²) in [5.41, 5.74) is 1.03. The number of nitrogens with zero attached hydrogens (tertiary/aromatic N) is 1. The summed E-state index contributed by atoms with van der Waals surface area (Å²) in [6.07, 6.45) is 0.730. The number of rotatable bonds is 3. The van der Waals surface area contributed by atoms with E-state index in [9.17, 15) is 9.90 Å². The van der Waals surface area contributed by atoms with E-state index in [1.807, 2.05) is 28.8 Å². The summed E-state index contributed by atoms with van der Waals surface area (Å²) in [6, 6.07) is 7.17. The highest BCUT2D eigenvalue weighted by Crippen LogP contribution is 2.24. The Morgan fingerprint density at radius 2 is 2.10 bits per heavy atom. The Morgan fingerprint density at radius 3 is 2.75 bits per heavy atom.